The van der Waals surface area contributed by atoms with Crippen LogP contribution < -0.4 is 4.74 Å². The van der Waals surface area contributed by atoms with E-state index in [2.05, 4.69) is 21.5 Å². The maximum atomic E-state index is 10.4. The molecule has 0 bridgehead atoms. The van der Waals surface area contributed by atoms with Gasteiger partial charge in [0.25, 0.3) is 0 Å². The van der Waals surface area contributed by atoms with Gasteiger partial charge in [-0.3, -0.25) is 13.5 Å². The lowest BCUT2D eigenvalue weighted by molar-refractivity contribution is 0.0606. The van der Waals surface area contributed by atoms with Crippen molar-refractivity contribution in [1.29, 1.82) is 0 Å². The van der Waals surface area contributed by atoms with Crippen molar-refractivity contribution in [3.63, 3.8) is 0 Å². The lowest BCUT2D eigenvalue weighted by Crippen LogP contribution is -2.26. The lowest BCUT2D eigenvalue weighted by Gasteiger charge is -2.20. The molecule has 0 aliphatic rings. The molecular weight excluding hydrogens is 428 g/mol. The Bertz CT molecular complexity index is 1510. The van der Waals surface area contributed by atoms with E-state index < -0.39 is 5.60 Å². The molecule has 8 heteroatoms. The third-order valence-corrected chi connectivity index (χ3v) is 5.49. The molecule has 0 unspecified atom stereocenters. The molecule has 1 N–H and O–H groups in total. The van der Waals surface area contributed by atoms with Gasteiger partial charge in [-0.1, -0.05) is 24.8 Å². The Morgan fingerprint density at radius 2 is 1.91 bits per heavy atom. The maximum Gasteiger partial charge on any atom is 0.303 e. The molecule has 8 nitrogen and oxygen atoms in total. The minimum absolute atomic E-state index is 0.353. The number of ether oxygens (including phenoxy) is 1. The number of aliphatic hydroxyl groups is 1. The number of imidazole rings is 3. The number of para-hydroxylation sites is 2. The summed E-state index contributed by atoms with van der Waals surface area (Å²) in [6.45, 7) is 9.62. The van der Waals surface area contributed by atoms with E-state index >= 15 is 0 Å². The van der Waals surface area contributed by atoms with E-state index in [1.807, 2.05) is 75.2 Å². The fraction of sp³-hybridized carbons (Fsp3) is 0.192. The molecule has 0 saturated carbocycles. The van der Waals surface area contributed by atoms with Crippen LogP contribution in [0, 0.1) is 6.92 Å². The van der Waals surface area contributed by atoms with Gasteiger partial charge in [-0.2, -0.15) is 4.98 Å². The average Bonchev–Trinajstić information content (AvgIpc) is 3.47. The number of nitrogens with zero attached hydrogens (tertiary/aromatic N) is 6. The highest BCUT2D eigenvalue weighted by molar-refractivity contribution is 5.77. The number of hydrogen-bond donors (Lipinski definition) is 1. The molecule has 0 spiro atoms. The van der Waals surface area contributed by atoms with Crippen molar-refractivity contribution in [2.45, 2.75) is 32.9 Å². The van der Waals surface area contributed by atoms with Crippen molar-refractivity contribution in [3.05, 3.63) is 79.3 Å². The molecule has 0 radical (unpaired) electrons. The van der Waals surface area contributed by atoms with Crippen molar-refractivity contribution in [2.75, 3.05) is 0 Å². The summed E-state index contributed by atoms with van der Waals surface area (Å²) in [5, 5.41) is 10.4. The Hall–Kier alpha value is -4.17. The molecule has 2 aromatic carbocycles. The number of benzene rings is 2. The summed E-state index contributed by atoms with van der Waals surface area (Å²) in [5.74, 6) is 2.19. The molecule has 34 heavy (non-hydrogen) atoms. The van der Waals surface area contributed by atoms with Gasteiger partial charge in [0.1, 0.15) is 5.75 Å². The summed E-state index contributed by atoms with van der Waals surface area (Å²) in [7, 11) is 0. The second kappa shape index (κ2) is 8.31. The van der Waals surface area contributed by atoms with Crippen LogP contribution in [0.4, 0.5) is 5.82 Å². The maximum absolute atomic E-state index is 10.4. The van der Waals surface area contributed by atoms with Crippen LogP contribution in [0.2, 0.25) is 0 Å². The summed E-state index contributed by atoms with van der Waals surface area (Å²) < 4.78 is 12.1. The predicted octanol–water partition coefficient (Wildman–Crippen LogP) is 5.23. The highest BCUT2D eigenvalue weighted by atomic mass is 16.5. The van der Waals surface area contributed by atoms with Gasteiger partial charge in [-0.05, 0) is 57.2 Å². The van der Waals surface area contributed by atoms with Crippen LogP contribution in [0.15, 0.2) is 78.6 Å². The first-order chi connectivity index (χ1) is 16.4. The Balaban J connectivity index is 1.52. The highest BCUT2D eigenvalue weighted by Gasteiger charge is 2.21. The zero-order valence-corrected chi connectivity index (χ0v) is 19.4. The molecule has 0 amide bonds. The lowest BCUT2D eigenvalue weighted by atomic mass is 10.1. The Kier molecular flexibility index (Phi) is 5.30. The van der Waals surface area contributed by atoms with Gasteiger partial charge in [0, 0.05) is 18.6 Å². The van der Waals surface area contributed by atoms with E-state index in [1.165, 1.54) is 0 Å². The smallest absolute Gasteiger partial charge is 0.303 e. The van der Waals surface area contributed by atoms with Crippen molar-refractivity contribution >= 4 is 28.8 Å². The van der Waals surface area contributed by atoms with Crippen LogP contribution in [-0.4, -0.2) is 40.4 Å². The predicted molar refractivity (Wildman–Crippen MR) is 134 cm³/mol. The standard InChI is InChI=1S/C26H26N6O2/c1-5-14-27-23-18(2)30-16-15-28-24(30)32(23)19-10-12-20(13-11-19)34-25-29-21-8-6-7-9-22(21)31(25)17-26(3,4)33/h5-16,33H,1,17H2,2-4H3/b27-14-. The summed E-state index contributed by atoms with van der Waals surface area (Å²) >= 11 is 0. The summed E-state index contributed by atoms with van der Waals surface area (Å²) in [6, 6.07) is 15.9. The molecule has 172 valence electrons. The number of allylic oxidation sites excluding steroid dienone is 1. The van der Waals surface area contributed by atoms with E-state index in [0.29, 0.717) is 18.3 Å². The molecular formula is C26H26N6O2. The van der Waals surface area contributed by atoms with Crippen LogP contribution in [0.25, 0.3) is 22.5 Å². The number of hydrogen-bond acceptors (Lipinski definition) is 5. The Morgan fingerprint density at radius 3 is 2.65 bits per heavy atom. The second-order valence-corrected chi connectivity index (χ2v) is 8.73. The van der Waals surface area contributed by atoms with Gasteiger partial charge in [0.2, 0.25) is 5.78 Å². The first-order valence-electron chi connectivity index (χ1n) is 11.0. The monoisotopic (exact) mass is 454 g/mol. The molecule has 3 aromatic heterocycles. The SMILES string of the molecule is C=C/C=N\c1c(C)n2ccnc2n1-c1ccc(Oc2nc3ccccc3n2CC(C)(C)O)cc1. The van der Waals surface area contributed by atoms with Crippen molar-refractivity contribution in [2.24, 2.45) is 4.99 Å². The van der Waals surface area contributed by atoms with Gasteiger partial charge < -0.3 is 9.84 Å². The van der Waals surface area contributed by atoms with Gasteiger partial charge in [0.15, 0.2) is 5.82 Å². The third kappa shape index (κ3) is 3.88. The topological polar surface area (TPSA) is 81.9 Å². The van der Waals surface area contributed by atoms with Crippen LogP contribution in [0.1, 0.15) is 19.5 Å². The molecule has 0 aliphatic heterocycles. The summed E-state index contributed by atoms with van der Waals surface area (Å²) in [6.07, 6.45) is 7.00. The molecule has 5 aromatic rings. The van der Waals surface area contributed by atoms with E-state index in [-0.39, 0.29) is 0 Å². The van der Waals surface area contributed by atoms with E-state index in [0.717, 1.165) is 34.0 Å². The van der Waals surface area contributed by atoms with E-state index in [1.54, 1.807) is 32.3 Å². The quantitative estimate of drug-likeness (QED) is 0.341. The summed E-state index contributed by atoms with van der Waals surface area (Å²) in [4.78, 5) is 13.7. The molecule has 0 aliphatic carbocycles. The molecule has 0 fully saturated rings. The molecule has 5 rings (SSSR count). The average molecular weight is 455 g/mol. The highest BCUT2D eigenvalue weighted by Crippen LogP contribution is 2.31. The summed E-state index contributed by atoms with van der Waals surface area (Å²) in [5.41, 5.74) is 2.68. The minimum Gasteiger partial charge on any atom is -0.425 e. The molecule has 0 saturated heterocycles. The number of aliphatic imine (C=N–C) groups is 1. The van der Waals surface area contributed by atoms with Gasteiger partial charge in [-0.25, -0.2) is 9.98 Å². The first-order valence-corrected chi connectivity index (χ1v) is 11.0. The van der Waals surface area contributed by atoms with Gasteiger partial charge in [0.05, 0.1) is 34.6 Å². The van der Waals surface area contributed by atoms with Gasteiger partial charge in [-0.15, -0.1) is 0 Å². The zero-order chi connectivity index (χ0) is 23.9. The molecule has 3 heterocycles. The van der Waals surface area contributed by atoms with Crippen molar-refractivity contribution in [1.82, 2.24) is 23.5 Å². The van der Waals surface area contributed by atoms with Crippen molar-refractivity contribution < 1.29 is 9.84 Å². The van der Waals surface area contributed by atoms with Crippen LogP contribution in [0.5, 0.6) is 11.8 Å². The molecule has 0 atom stereocenters. The van der Waals surface area contributed by atoms with Crippen molar-refractivity contribution in [3.8, 4) is 17.4 Å². The Morgan fingerprint density at radius 1 is 1.15 bits per heavy atom. The third-order valence-electron chi connectivity index (χ3n) is 5.49. The number of aromatic nitrogens is 5. The zero-order valence-electron chi connectivity index (χ0n) is 19.4. The number of rotatable bonds is 7. The van der Waals surface area contributed by atoms with Crippen LogP contribution >= 0.6 is 0 Å². The van der Waals surface area contributed by atoms with E-state index in [9.17, 15) is 5.11 Å². The Labute approximate surface area is 197 Å². The van der Waals surface area contributed by atoms with Gasteiger partial charge >= 0.3 is 6.01 Å². The fourth-order valence-corrected chi connectivity index (χ4v) is 4.04. The number of aryl methyl sites for hydroxylation is 1. The van der Waals surface area contributed by atoms with Crippen LogP contribution in [0.3, 0.4) is 0 Å². The van der Waals surface area contributed by atoms with E-state index in [4.69, 9.17) is 4.74 Å². The second-order valence-electron chi connectivity index (χ2n) is 8.73. The fourth-order valence-electron chi connectivity index (χ4n) is 4.04. The first kappa shape index (κ1) is 21.7. The van der Waals surface area contributed by atoms with Crippen LogP contribution in [-0.2, 0) is 6.54 Å². The minimum atomic E-state index is -0.921. The normalized spacial score (nSPS) is 12.2. The number of fused-ring (bicyclic) bond motifs is 2. The largest absolute Gasteiger partial charge is 0.425 e.